The molecule has 1 aromatic heterocycles. The number of hydrogen-bond donors (Lipinski definition) is 1. The second kappa shape index (κ2) is 8.21. The molecule has 0 saturated heterocycles. The molecule has 3 aromatic rings. The number of nitro groups is 1. The van der Waals surface area contributed by atoms with Gasteiger partial charge in [-0.1, -0.05) is 12.1 Å². The maximum atomic E-state index is 12.1. The fourth-order valence-electron chi connectivity index (χ4n) is 2.49. The van der Waals surface area contributed by atoms with Crippen molar-refractivity contribution in [2.75, 3.05) is 19.0 Å². The third-order valence-electron chi connectivity index (χ3n) is 3.84. The van der Waals surface area contributed by atoms with Gasteiger partial charge >= 0.3 is 5.97 Å². The van der Waals surface area contributed by atoms with Crippen LogP contribution in [0.3, 0.4) is 0 Å². The van der Waals surface area contributed by atoms with Crippen LogP contribution in [0.4, 0.5) is 11.4 Å². The van der Waals surface area contributed by atoms with E-state index in [1.165, 1.54) is 25.3 Å². The van der Waals surface area contributed by atoms with Crippen molar-refractivity contribution >= 4 is 34.2 Å². The number of hydrogen-bond acceptors (Lipinski definition) is 8. The highest BCUT2D eigenvalue weighted by Crippen LogP contribution is 2.28. The van der Waals surface area contributed by atoms with Gasteiger partial charge in [-0.3, -0.25) is 19.7 Å². The Hall–Kier alpha value is -4.21. The molecule has 0 spiro atoms. The molecule has 0 fully saturated rings. The predicted molar refractivity (Wildman–Crippen MR) is 101 cm³/mol. The molecule has 1 amide bonds. The molecule has 1 heterocycles. The predicted octanol–water partition coefficient (Wildman–Crippen LogP) is 2.51. The number of carbonyl (C=O) groups is 2. The molecule has 0 unspecified atom stereocenters. The minimum atomic E-state index is -0.987. The Labute approximate surface area is 162 Å². The van der Waals surface area contributed by atoms with Crippen molar-refractivity contribution in [1.29, 1.82) is 0 Å². The molecule has 10 nitrogen and oxygen atoms in total. The first kappa shape index (κ1) is 19.5. The third-order valence-corrected chi connectivity index (χ3v) is 3.84. The van der Waals surface area contributed by atoms with Crippen LogP contribution in [-0.4, -0.2) is 30.5 Å². The van der Waals surface area contributed by atoms with Gasteiger partial charge in [0.15, 0.2) is 12.0 Å². The van der Waals surface area contributed by atoms with Crippen LogP contribution in [0, 0.1) is 10.1 Å². The monoisotopic (exact) mass is 398 g/mol. The number of esters is 1. The lowest BCUT2D eigenvalue weighted by atomic mass is 10.2. The van der Waals surface area contributed by atoms with Gasteiger partial charge in [0.2, 0.25) is 5.76 Å². The molecular weight excluding hydrogens is 384 g/mol. The van der Waals surface area contributed by atoms with Crippen LogP contribution in [0.1, 0.15) is 10.6 Å². The van der Waals surface area contributed by atoms with E-state index >= 15 is 0 Å². The minimum absolute atomic E-state index is 0.0689. The van der Waals surface area contributed by atoms with Crippen LogP contribution in [0.25, 0.3) is 11.0 Å². The third kappa shape index (κ3) is 4.38. The fraction of sp³-hybridized carbons (Fsp3) is 0.105. The van der Waals surface area contributed by atoms with Gasteiger partial charge in [0.05, 0.1) is 29.2 Å². The van der Waals surface area contributed by atoms with Gasteiger partial charge in [-0.15, -0.1) is 0 Å². The van der Waals surface area contributed by atoms with E-state index in [-0.39, 0.29) is 28.5 Å². The van der Waals surface area contributed by atoms with Crippen LogP contribution >= 0.6 is 0 Å². The Balaban J connectivity index is 1.67. The zero-order chi connectivity index (χ0) is 21.0. The summed E-state index contributed by atoms with van der Waals surface area (Å²) in [7, 11) is 1.29. The van der Waals surface area contributed by atoms with E-state index in [0.29, 0.717) is 5.39 Å². The first-order valence-electron chi connectivity index (χ1n) is 8.21. The normalized spacial score (nSPS) is 10.4. The number of rotatable bonds is 6. The van der Waals surface area contributed by atoms with Crippen molar-refractivity contribution in [2.45, 2.75) is 0 Å². The Morgan fingerprint density at radius 2 is 1.93 bits per heavy atom. The zero-order valence-electron chi connectivity index (χ0n) is 15.0. The molecule has 29 heavy (non-hydrogen) atoms. The number of nitrogens with one attached hydrogen (secondary N) is 1. The molecule has 0 aliphatic carbocycles. The van der Waals surface area contributed by atoms with E-state index in [2.05, 4.69) is 5.32 Å². The summed E-state index contributed by atoms with van der Waals surface area (Å²) in [5, 5.41) is 13.5. The van der Waals surface area contributed by atoms with Gasteiger partial charge in [-0.2, -0.15) is 0 Å². The number of amides is 1. The molecule has 0 radical (unpaired) electrons. The smallest absolute Gasteiger partial charge is 0.374 e. The highest BCUT2D eigenvalue weighted by molar-refractivity contribution is 5.96. The number of nitrogens with zero attached hydrogens (tertiary/aromatic N) is 1. The number of nitro benzene ring substituents is 1. The second-order valence-electron chi connectivity index (χ2n) is 5.74. The molecule has 0 atom stereocenters. The summed E-state index contributed by atoms with van der Waals surface area (Å²) in [4.78, 5) is 46.4. The molecule has 3 rings (SSSR count). The SMILES string of the molecule is COc1cc([N+](=O)[O-])ccc1NC(=O)COC(=O)c1cc(=O)c2ccccc2o1. The van der Waals surface area contributed by atoms with Crippen LogP contribution in [0.5, 0.6) is 5.75 Å². The number of ether oxygens (including phenoxy) is 2. The van der Waals surface area contributed by atoms with Gasteiger partial charge in [-0.25, -0.2) is 4.79 Å². The largest absolute Gasteiger partial charge is 0.494 e. The van der Waals surface area contributed by atoms with Gasteiger partial charge in [-0.05, 0) is 18.2 Å². The number of methoxy groups -OCH3 is 1. The average molecular weight is 398 g/mol. The number of non-ortho nitro benzene ring substituents is 1. The minimum Gasteiger partial charge on any atom is -0.494 e. The molecule has 0 aliphatic rings. The van der Waals surface area contributed by atoms with Gasteiger partial charge < -0.3 is 19.2 Å². The summed E-state index contributed by atoms with van der Waals surface area (Å²) in [5.74, 6) is -1.97. The molecule has 1 N–H and O–H groups in total. The molecule has 148 valence electrons. The molecule has 10 heteroatoms. The van der Waals surface area contributed by atoms with E-state index in [1.54, 1.807) is 18.2 Å². The highest BCUT2D eigenvalue weighted by Gasteiger charge is 2.17. The van der Waals surface area contributed by atoms with Gasteiger partial charge in [0, 0.05) is 12.1 Å². The van der Waals surface area contributed by atoms with E-state index in [9.17, 15) is 24.5 Å². The van der Waals surface area contributed by atoms with E-state index in [1.807, 2.05) is 0 Å². The Bertz CT molecular complexity index is 1170. The van der Waals surface area contributed by atoms with E-state index in [0.717, 1.165) is 12.1 Å². The van der Waals surface area contributed by atoms with Crippen molar-refractivity contribution in [3.63, 3.8) is 0 Å². The maximum absolute atomic E-state index is 12.1. The number of benzene rings is 2. The maximum Gasteiger partial charge on any atom is 0.374 e. The highest BCUT2D eigenvalue weighted by atomic mass is 16.6. The van der Waals surface area contributed by atoms with Crippen LogP contribution in [0.15, 0.2) is 57.7 Å². The van der Waals surface area contributed by atoms with Crippen molar-refractivity contribution in [2.24, 2.45) is 0 Å². The van der Waals surface area contributed by atoms with Crippen molar-refractivity contribution in [3.8, 4) is 5.75 Å². The van der Waals surface area contributed by atoms with Crippen LogP contribution < -0.4 is 15.5 Å². The van der Waals surface area contributed by atoms with Crippen molar-refractivity contribution in [3.05, 3.63) is 74.6 Å². The molecule has 2 aromatic carbocycles. The second-order valence-corrected chi connectivity index (χ2v) is 5.74. The number of para-hydroxylation sites is 1. The summed E-state index contributed by atoms with van der Waals surface area (Å²) < 4.78 is 15.2. The summed E-state index contributed by atoms with van der Waals surface area (Å²) in [6.07, 6.45) is 0. The summed E-state index contributed by atoms with van der Waals surface area (Å²) in [6.45, 7) is -0.671. The number of carbonyl (C=O) groups excluding carboxylic acids is 2. The Kier molecular flexibility index (Phi) is 5.54. The van der Waals surface area contributed by atoms with E-state index in [4.69, 9.17) is 13.9 Å². The van der Waals surface area contributed by atoms with Crippen LogP contribution in [0.2, 0.25) is 0 Å². The number of anilines is 1. The molecular formula is C19H14N2O8. The van der Waals surface area contributed by atoms with Crippen LogP contribution in [-0.2, 0) is 9.53 Å². The lowest BCUT2D eigenvalue weighted by molar-refractivity contribution is -0.384. The topological polar surface area (TPSA) is 138 Å². The summed E-state index contributed by atoms with van der Waals surface area (Å²) in [6, 6.07) is 11.0. The lowest BCUT2D eigenvalue weighted by Gasteiger charge is -2.10. The standard InChI is InChI=1S/C19H14N2O8/c1-27-16-8-11(21(25)26)6-7-13(16)20-18(23)10-28-19(24)17-9-14(22)12-4-2-3-5-15(12)29-17/h2-9H,10H2,1H3,(H,20,23). The fourth-order valence-corrected chi connectivity index (χ4v) is 2.49. The summed E-state index contributed by atoms with van der Waals surface area (Å²) in [5.41, 5.74) is -0.250. The number of fused-ring (bicyclic) bond motifs is 1. The summed E-state index contributed by atoms with van der Waals surface area (Å²) >= 11 is 0. The first-order chi connectivity index (χ1) is 13.9. The zero-order valence-corrected chi connectivity index (χ0v) is 15.0. The Morgan fingerprint density at radius 1 is 1.17 bits per heavy atom. The average Bonchev–Trinajstić information content (AvgIpc) is 2.72. The Morgan fingerprint density at radius 3 is 2.66 bits per heavy atom. The van der Waals surface area contributed by atoms with Crippen molar-refractivity contribution < 1.29 is 28.4 Å². The van der Waals surface area contributed by atoms with Crippen molar-refractivity contribution in [1.82, 2.24) is 0 Å². The van der Waals surface area contributed by atoms with Gasteiger partial charge in [0.25, 0.3) is 11.6 Å². The lowest BCUT2D eigenvalue weighted by Crippen LogP contribution is -2.21. The molecule has 0 saturated carbocycles. The first-order valence-corrected chi connectivity index (χ1v) is 8.21. The quantitative estimate of drug-likeness (QED) is 0.380. The molecule has 0 aliphatic heterocycles. The van der Waals surface area contributed by atoms with E-state index < -0.39 is 28.8 Å². The van der Waals surface area contributed by atoms with Gasteiger partial charge in [0.1, 0.15) is 11.3 Å². The molecule has 0 bridgehead atoms.